The average Bonchev–Trinajstić information content (AvgIpc) is 2.69. The van der Waals surface area contributed by atoms with Crippen LogP contribution in [0.25, 0.3) is 0 Å². The van der Waals surface area contributed by atoms with E-state index in [0.29, 0.717) is 5.82 Å². The molecule has 1 aromatic heterocycles. The van der Waals surface area contributed by atoms with Gasteiger partial charge in [-0.05, 0) is 19.3 Å². The van der Waals surface area contributed by atoms with Gasteiger partial charge in [0.2, 0.25) is 5.89 Å². The van der Waals surface area contributed by atoms with Crippen LogP contribution in [0.15, 0.2) is 4.52 Å². The van der Waals surface area contributed by atoms with E-state index in [1.807, 2.05) is 0 Å². The lowest BCUT2D eigenvalue weighted by Gasteiger charge is -2.29. The van der Waals surface area contributed by atoms with E-state index in [0.717, 1.165) is 31.6 Å². The molecule has 0 saturated heterocycles. The van der Waals surface area contributed by atoms with Crippen molar-refractivity contribution in [3.05, 3.63) is 11.7 Å². The molecule has 0 amide bonds. The van der Waals surface area contributed by atoms with Crippen molar-refractivity contribution in [3.63, 3.8) is 0 Å². The first-order chi connectivity index (χ1) is 7.24. The van der Waals surface area contributed by atoms with E-state index in [2.05, 4.69) is 17.1 Å². The van der Waals surface area contributed by atoms with Gasteiger partial charge in [-0.3, -0.25) is 0 Å². The lowest BCUT2D eigenvalue weighted by molar-refractivity contribution is 0.273. The Kier molecular flexibility index (Phi) is 3.05. The molecule has 1 aliphatic carbocycles. The third-order valence-corrected chi connectivity index (χ3v) is 3.12. The summed E-state index contributed by atoms with van der Waals surface area (Å²) in [6, 6.07) is 0. The second-order valence-electron chi connectivity index (χ2n) is 4.48. The van der Waals surface area contributed by atoms with Crippen LogP contribution in [-0.2, 0) is 12.0 Å². The summed E-state index contributed by atoms with van der Waals surface area (Å²) in [7, 11) is 0. The fourth-order valence-corrected chi connectivity index (χ4v) is 2.18. The number of nitrogens with two attached hydrogens (primary N) is 1. The summed E-state index contributed by atoms with van der Waals surface area (Å²) in [5, 5.41) is 4.02. The van der Waals surface area contributed by atoms with Crippen molar-refractivity contribution in [3.8, 4) is 0 Å². The largest absolute Gasteiger partial charge is 0.339 e. The molecule has 0 unspecified atom stereocenters. The summed E-state index contributed by atoms with van der Waals surface area (Å²) in [4.78, 5) is 4.39. The van der Waals surface area contributed by atoms with E-state index in [9.17, 15) is 0 Å². The van der Waals surface area contributed by atoms with Crippen molar-refractivity contribution in [1.29, 1.82) is 0 Å². The minimum atomic E-state index is -0.326. The van der Waals surface area contributed by atoms with Gasteiger partial charge in [0, 0.05) is 6.42 Å². The highest BCUT2D eigenvalue weighted by atomic mass is 16.5. The zero-order valence-corrected chi connectivity index (χ0v) is 9.33. The predicted octanol–water partition coefficient (Wildman–Crippen LogP) is 2.14. The number of aromatic nitrogens is 2. The molecule has 1 aliphatic rings. The van der Waals surface area contributed by atoms with Gasteiger partial charge in [0.15, 0.2) is 5.82 Å². The number of aryl methyl sites for hydroxylation is 1. The zero-order valence-electron chi connectivity index (χ0n) is 9.33. The Balaban J connectivity index is 2.12. The van der Waals surface area contributed by atoms with E-state index < -0.39 is 0 Å². The van der Waals surface area contributed by atoms with E-state index in [4.69, 9.17) is 10.3 Å². The fraction of sp³-hybridized carbons (Fsp3) is 0.818. The first-order valence-corrected chi connectivity index (χ1v) is 5.86. The maximum atomic E-state index is 6.30. The molecule has 1 saturated carbocycles. The quantitative estimate of drug-likeness (QED) is 0.828. The van der Waals surface area contributed by atoms with Gasteiger partial charge in [0.1, 0.15) is 0 Å². The zero-order chi connectivity index (χ0) is 10.7. The molecule has 1 heterocycles. The normalized spacial score (nSPS) is 20.4. The van der Waals surface area contributed by atoms with Crippen LogP contribution in [0.5, 0.6) is 0 Å². The van der Waals surface area contributed by atoms with Crippen molar-refractivity contribution < 1.29 is 4.52 Å². The third kappa shape index (κ3) is 2.20. The molecule has 0 spiro atoms. The van der Waals surface area contributed by atoms with Gasteiger partial charge in [-0.2, -0.15) is 4.98 Å². The minimum Gasteiger partial charge on any atom is -0.339 e. The van der Waals surface area contributed by atoms with E-state index in [-0.39, 0.29) is 5.54 Å². The summed E-state index contributed by atoms with van der Waals surface area (Å²) in [5.74, 6) is 1.44. The Morgan fingerprint density at radius 2 is 2.07 bits per heavy atom. The first-order valence-electron chi connectivity index (χ1n) is 5.86. The molecule has 4 heteroatoms. The molecule has 1 aromatic rings. The summed E-state index contributed by atoms with van der Waals surface area (Å²) in [6.07, 6.45) is 7.47. The van der Waals surface area contributed by atoms with Crippen LogP contribution in [-0.4, -0.2) is 10.1 Å². The monoisotopic (exact) mass is 209 g/mol. The van der Waals surface area contributed by atoms with Crippen LogP contribution in [0.1, 0.15) is 57.2 Å². The van der Waals surface area contributed by atoms with Crippen LogP contribution in [0.4, 0.5) is 0 Å². The number of hydrogen-bond acceptors (Lipinski definition) is 4. The van der Waals surface area contributed by atoms with Crippen molar-refractivity contribution in [1.82, 2.24) is 10.1 Å². The maximum Gasteiger partial charge on any atom is 0.226 e. The average molecular weight is 209 g/mol. The molecule has 84 valence electrons. The molecule has 0 radical (unpaired) electrons. The van der Waals surface area contributed by atoms with Crippen molar-refractivity contribution in [2.24, 2.45) is 5.73 Å². The van der Waals surface area contributed by atoms with E-state index >= 15 is 0 Å². The standard InChI is InChI=1S/C11H19N3O/c1-2-6-9-13-10(14-15-9)11(12)7-4-3-5-8-11/h2-8,12H2,1H3. The van der Waals surface area contributed by atoms with E-state index in [1.165, 1.54) is 19.3 Å². The minimum absolute atomic E-state index is 0.326. The van der Waals surface area contributed by atoms with Crippen LogP contribution in [0.3, 0.4) is 0 Å². The van der Waals surface area contributed by atoms with Gasteiger partial charge < -0.3 is 10.3 Å². The molecule has 0 aliphatic heterocycles. The van der Waals surface area contributed by atoms with Crippen LogP contribution < -0.4 is 5.73 Å². The van der Waals surface area contributed by atoms with Gasteiger partial charge in [-0.1, -0.05) is 31.3 Å². The summed E-state index contributed by atoms with van der Waals surface area (Å²) in [6.45, 7) is 2.10. The Morgan fingerprint density at radius 1 is 1.33 bits per heavy atom. The lowest BCUT2D eigenvalue weighted by Crippen LogP contribution is -2.39. The van der Waals surface area contributed by atoms with Gasteiger partial charge in [-0.25, -0.2) is 0 Å². The van der Waals surface area contributed by atoms with Crippen molar-refractivity contribution in [2.45, 2.75) is 57.4 Å². The number of nitrogens with zero attached hydrogens (tertiary/aromatic N) is 2. The third-order valence-electron chi connectivity index (χ3n) is 3.12. The van der Waals surface area contributed by atoms with Crippen LogP contribution >= 0.6 is 0 Å². The number of rotatable bonds is 3. The Labute approximate surface area is 90.2 Å². The smallest absolute Gasteiger partial charge is 0.226 e. The fourth-order valence-electron chi connectivity index (χ4n) is 2.18. The molecule has 2 N–H and O–H groups in total. The van der Waals surface area contributed by atoms with E-state index in [1.54, 1.807) is 0 Å². The van der Waals surface area contributed by atoms with Crippen molar-refractivity contribution >= 4 is 0 Å². The molecule has 0 bridgehead atoms. The molecule has 0 atom stereocenters. The second-order valence-corrected chi connectivity index (χ2v) is 4.48. The molecule has 1 fully saturated rings. The Hall–Kier alpha value is -0.900. The summed E-state index contributed by atoms with van der Waals surface area (Å²) >= 11 is 0. The van der Waals surface area contributed by atoms with Gasteiger partial charge in [0.05, 0.1) is 5.54 Å². The van der Waals surface area contributed by atoms with Crippen LogP contribution in [0.2, 0.25) is 0 Å². The molecule has 0 aromatic carbocycles. The second kappa shape index (κ2) is 4.31. The molecule has 4 nitrogen and oxygen atoms in total. The highest BCUT2D eigenvalue weighted by Crippen LogP contribution is 2.32. The summed E-state index contributed by atoms with van der Waals surface area (Å²) < 4.78 is 5.18. The highest BCUT2D eigenvalue weighted by molar-refractivity contribution is 5.05. The summed E-state index contributed by atoms with van der Waals surface area (Å²) in [5.41, 5.74) is 5.98. The highest BCUT2D eigenvalue weighted by Gasteiger charge is 2.34. The maximum absolute atomic E-state index is 6.30. The molecule has 2 rings (SSSR count). The molecule has 15 heavy (non-hydrogen) atoms. The number of hydrogen-bond donors (Lipinski definition) is 1. The topological polar surface area (TPSA) is 64.9 Å². The van der Waals surface area contributed by atoms with Gasteiger partial charge in [0.25, 0.3) is 0 Å². The van der Waals surface area contributed by atoms with Crippen LogP contribution in [0, 0.1) is 0 Å². The molecular formula is C11H19N3O. The Morgan fingerprint density at radius 3 is 2.73 bits per heavy atom. The van der Waals surface area contributed by atoms with Gasteiger partial charge >= 0.3 is 0 Å². The first kappa shape index (κ1) is 10.6. The Bertz CT molecular complexity index is 315. The molecular weight excluding hydrogens is 190 g/mol. The lowest BCUT2D eigenvalue weighted by atomic mass is 9.82. The predicted molar refractivity (Wildman–Crippen MR) is 57.2 cm³/mol. The SMILES string of the molecule is CCCc1nc(C2(N)CCCCC2)no1. The van der Waals surface area contributed by atoms with Gasteiger partial charge in [-0.15, -0.1) is 0 Å². The van der Waals surface area contributed by atoms with Crippen molar-refractivity contribution in [2.75, 3.05) is 0 Å².